The maximum Gasteiger partial charge on any atom is 0.417 e. The fourth-order valence-electron chi connectivity index (χ4n) is 1.42. The zero-order chi connectivity index (χ0) is 14.6. The second-order valence-electron chi connectivity index (χ2n) is 4.28. The summed E-state index contributed by atoms with van der Waals surface area (Å²) in [6, 6.07) is 0.827. The highest BCUT2D eigenvalue weighted by Gasteiger charge is 2.31. The molecule has 0 aliphatic rings. The third-order valence-corrected chi connectivity index (χ3v) is 2.79. The molecule has 1 rings (SSSR count). The highest BCUT2D eigenvalue weighted by Crippen LogP contribution is 2.32. The maximum absolute atomic E-state index is 12.4. The van der Waals surface area contributed by atoms with Crippen LogP contribution < -0.4 is 5.43 Å². The van der Waals surface area contributed by atoms with E-state index in [2.05, 4.69) is 15.5 Å². The summed E-state index contributed by atoms with van der Waals surface area (Å²) < 4.78 is 37.3. The van der Waals surface area contributed by atoms with Gasteiger partial charge < -0.3 is 0 Å². The zero-order valence-electron chi connectivity index (χ0n) is 10.8. The molecule has 7 heteroatoms. The van der Waals surface area contributed by atoms with Gasteiger partial charge in [-0.3, -0.25) is 5.43 Å². The first kappa shape index (κ1) is 15.8. The SMILES string of the molecule is CC/C(=N/Nc1ncc(C(F)(F)F)cc1Cl)C(C)C. The van der Waals surface area contributed by atoms with Crippen LogP contribution in [0.3, 0.4) is 0 Å². The molecule has 1 heterocycles. The Morgan fingerprint density at radius 2 is 2.11 bits per heavy atom. The molecule has 0 bridgehead atoms. The van der Waals surface area contributed by atoms with Crippen LogP contribution in [0, 0.1) is 5.92 Å². The van der Waals surface area contributed by atoms with Crippen molar-refractivity contribution in [1.82, 2.24) is 4.98 Å². The topological polar surface area (TPSA) is 37.3 Å². The Labute approximate surface area is 114 Å². The predicted molar refractivity (Wildman–Crippen MR) is 70.4 cm³/mol. The van der Waals surface area contributed by atoms with E-state index in [1.807, 2.05) is 20.8 Å². The number of aromatic nitrogens is 1. The van der Waals surface area contributed by atoms with Crippen molar-refractivity contribution in [3.05, 3.63) is 22.8 Å². The quantitative estimate of drug-likeness (QED) is 0.651. The minimum Gasteiger partial charge on any atom is -0.260 e. The minimum atomic E-state index is -4.45. The number of hydrazone groups is 1. The van der Waals surface area contributed by atoms with E-state index in [1.54, 1.807) is 0 Å². The molecule has 0 aromatic carbocycles. The Morgan fingerprint density at radius 1 is 1.47 bits per heavy atom. The Morgan fingerprint density at radius 3 is 2.53 bits per heavy atom. The van der Waals surface area contributed by atoms with Gasteiger partial charge in [0.25, 0.3) is 0 Å². The minimum absolute atomic E-state index is 0.112. The number of alkyl halides is 3. The van der Waals surface area contributed by atoms with Crippen LogP contribution in [-0.4, -0.2) is 10.7 Å². The highest BCUT2D eigenvalue weighted by atomic mass is 35.5. The molecule has 3 nitrogen and oxygen atoms in total. The predicted octanol–water partition coefficient (Wildman–Crippen LogP) is 4.59. The number of pyridine rings is 1. The summed E-state index contributed by atoms with van der Waals surface area (Å²) in [5.41, 5.74) is 2.61. The normalized spacial score (nSPS) is 12.9. The smallest absolute Gasteiger partial charge is 0.260 e. The van der Waals surface area contributed by atoms with Crippen molar-refractivity contribution >= 4 is 23.1 Å². The van der Waals surface area contributed by atoms with E-state index in [0.29, 0.717) is 0 Å². The van der Waals surface area contributed by atoms with Gasteiger partial charge in [0.2, 0.25) is 0 Å². The van der Waals surface area contributed by atoms with Crippen LogP contribution in [0.1, 0.15) is 32.8 Å². The molecule has 0 saturated heterocycles. The van der Waals surface area contributed by atoms with Crippen molar-refractivity contribution in [1.29, 1.82) is 0 Å². The standard InChI is InChI=1S/C12H15ClF3N3/c1-4-10(7(2)3)18-19-11-9(13)5-8(6-17-11)12(14,15)16/h5-7H,4H2,1-3H3,(H,17,19)/b18-10-. The first-order valence-corrected chi connectivity index (χ1v) is 6.18. The van der Waals surface area contributed by atoms with E-state index in [4.69, 9.17) is 11.6 Å². The first-order valence-electron chi connectivity index (χ1n) is 5.81. The summed E-state index contributed by atoms with van der Waals surface area (Å²) in [6.07, 6.45) is -2.99. The van der Waals surface area contributed by atoms with Gasteiger partial charge >= 0.3 is 6.18 Å². The van der Waals surface area contributed by atoms with Crippen LogP contribution in [0.15, 0.2) is 17.4 Å². The molecular weight excluding hydrogens is 279 g/mol. The molecule has 19 heavy (non-hydrogen) atoms. The number of hydrogen-bond donors (Lipinski definition) is 1. The zero-order valence-corrected chi connectivity index (χ0v) is 11.6. The monoisotopic (exact) mass is 293 g/mol. The fourth-order valence-corrected chi connectivity index (χ4v) is 1.62. The first-order chi connectivity index (χ1) is 8.75. The lowest BCUT2D eigenvalue weighted by Crippen LogP contribution is -2.10. The number of anilines is 1. The summed E-state index contributed by atoms with van der Waals surface area (Å²) in [5, 5.41) is 3.99. The van der Waals surface area contributed by atoms with E-state index in [1.165, 1.54) is 0 Å². The van der Waals surface area contributed by atoms with Crippen molar-refractivity contribution in [2.75, 3.05) is 5.43 Å². The van der Waals surface area contributed by atoms with Crippen molar-refractivity contribution in [3.8, 4) is 0 Å². The maximum atomic E-state index is 12.4. The van der Waals surface area contributed by atoms with Gasteiger partial charge in [-0.15, -0.1) is 0 Å². The Kier molecular flexibility index (Phi) is 5.17. The molecule has 1 aromatic rings. The summed E-state index contributed by atoms with van der Waals surface area (Å²) >= 11 is 5.75. The van der Waals surface area contributed by atoms with Crippen LogP contribution >= 0.6 is 11.6 Å². The molecule has 0 unspecified atom stereocenters. The lowest BCUT2D eigenvalue weighted by atomic mass is 10.1. The summed E-state index contributed by atoms with van der Waals surface area (Å²) in [4.78, 5) is 3.64. The molecule has 106 valence electrons. The van der Waals surface area contributed by atoms with E-state index in [9.17, 15) is 13.2 Å². The largest absolute Gasteiger partial charge is 0.417 e. The van der Waals surface area contributed by atoms with Crippen molar-refractivity contribution in [2.45, 2.75) is 33.4 Å². The van der Waals surface area contributed by atoms with Gasteiger partial charge in [0, 0.05) is 11.9 Å². The van der Waals surface area contributed by atoms with Crippen LogP contribution in [0.2, 0.25) is 5.02 Å². The van der Waals surface area contributed by atoms with E-state index >= 15 is 0 Å². The van der Waals surface area contributed by atoms with Gasteiger partial charge in [0.1, 0.15) is 0 Å². The molecule has 1 aromatic heterocycles. The molecule has 0 aliphatic heterocycles. The van der Waals surface area contributed by atoms with Gasteiger partial charge in [0.15, 0.2) is 5.82 Å². The van der Waals surface area contributed by atoms with E-state index in [0.717, 1.165) is 24.4 Å². The summed E-state index contributed by atoms with van der Waals surface area (Å²) in [6.45, 7) is 5.90. The Bertz CT molecular complexity index is 470. The van der Waals surface area contributed by atoms with Gasteiger partial charge in [0.05, 0.1) is 10.6 Å². The van der Waals surface area contributed by atoms with E-state index in [-0.39, 0.29) is 16.8 Å². The Balaban J connectivity index is 2.93. The molecule has 0 radical (unpaired) electrons. The lowest BCUT2D eigenvalue weighted by molar-refractivity contribution is -0.137. The molecule has 1 N–H and O–H groups in total. The number of rotatable bonds is 4. The number of nitrogens with one attached hydrogen (secondary N) is 1. The molecule has 0 aliphatic carbocycles. The number of halogens is 4. The van der Waals surface area contributed by atoms with E-state index < -0.39 is 11.7 Å². The van der Waals surface area contributed by atoms with Crippen molar-refractivity contribution in [3.63, 3.8) is 0 Å². The second kappa shape index (κ2) is 6.23. The molecule has 0 atom stereocenters. The van der Waals surface area contributed by atoms with Gasteiger partial charge in [-0.05, 0) is 18.4 Å². The number of hydrogen-bond acceptors (Lipinski definition) is 3. The van der Waals surface area contributed by atoms with Crippen LogP contribution in [-0.2, 0) is 6.18 Å². The van der Waals surface area contributed by atoms with Crippen LogP contribution in [0.25, 0.3) is 0 Å². The molecule has 0 saturated carbocycles. The molecule has 0 amide bonds. The van der Waals surface area contributed by atoms with Crippen molar-refractivity contribution in [2.24, 2.45) is 11.0 Å². The second-order valence-corrected chi connectivity index (χ2v) is 4.68. The fraction of sp³-hybridized carbons (Fsp3) is 0.500. The van der Waals surface area contributed by atoms with Crippen LogP contribution in [0.5, 0.6) is 0 Å². The molecular formula is C12H15ClF3N3. The number of nitrogens with zero attached hydrogens (tertiary/aromatic N) is 2. The lowest BCUT2D eigenvalue weighted by Gasteiger charge is -2.10. The summed E-state index contributed by atoms with van der Waals surface area (Å²) in [7, 11) is 0. The average Bonchev–Trinajstić information content (AvgIpc) is 2.29. The molecule has 0 fully saturated rings. The Hall–Kier alpha value is -1.30. The third kappa shape index (κ3) is 4.38. The average molecular weight is 294 g/mol. The van der Waals surface area contributed by atoms with Gasteiger partial charge in [-0.2, -0.15) is 18.3 Å². The summed E-state index contributed by atoms with van der Waals surface area (Å²) in [5.74, 6) is 0.354. The van der Waals surface area contributed by atoms with Crippen molar-refractivity contribution < 1.29 is 13.2 Å². The third-order valence-electron chi connectivity index (χ3n) is 2.50. The van der Waals surface area contributed by atoms with Gasteiger partial charge in [-0.1, -0.05) is 32.4 Å². The van der Waals surface area contributed by atoms with Gasteiger partial charge in [-0.25, -0.2) is 4.98 Å². The van der Waals surface area contributed by atoms with Crippen LogP contribution in [0.4, 0.5) is 19.0 Å². The molecule has 0 spiro atoms. The highest BCUT2D eigenvalue weighted by molar-refractivity contribution is 6.32.